The molecule has 1 heterocycles. The standard InChI is InChI=1S/C14H23NO9/c1-7(16)21-6-10-11(19)12(22-8(2)17)13(23-9(3)18)14(24-10)15(4)20-5/h10-14,19H,6H2,1-5H3/t10-,11-,12+,13-,14-/m1/s1. The maximum absolute atomic E-state index is 11.4. The molecule has 24 heavy (non-hydrogen) atoms. The van der Waals surface area contributed by atoms with E-state index in [4.69, 9.17) is 23.8 Å². The molecule has 0 aromatic heterocycles. The van der Waals surface area contributed by atoms with Gasteiger partial charge in [0.25, 0.3) is 0 Å². The molecule has 5 atom stereocenters. The summed E-state index contributed by atoms with van der Waals surface area (Å²) in [4.78, 5) is 38.8. The zero-order valence-electron chi connectivity index (χ0n) is 14.3. The van der Waals surface area contributed by atoms with Gasteiger partial charge in [0.2, 0.25) is 0 Å². The average molecular weight is 349 g/mol. The van der Waals surface area contributed by atoms with Gasteiger partial charge in [0, 0.05) is 27.8 Å². The van der Waals surface area contributed by atoms with Crippen LogP contribution in [-0.2, 0) is 38.2 Å². The zero-order chi connectivity index (χ0) is 18.4. The summed E-state index contributed by atoms with van der Waals surface area (Å²) >= 11 is 0. The topological polar surface area (TPSA) is 121 Å². The van der Waals surface area contributed by atoms with Crippen LogP contribution in [0.15, 0.2) is 0 Å². The Kier molecular flexibility index (Phi) is 7.55. The summed E-state index contributed by atoms with van der Waals surface area (Å²) in [6.07, 6.45) is -5.73. The van der Waals surface area contributed by atoms with Crippen LogP contribution < -0.4 is 0 Å². The van der Waals surface area contributed by atoms with E-state index in [0.29, 0.717) is 0 Å². The van der Waals surface area contributed by atoms with Gasteiger partial charge in [0.15, 0.2) is 18.4 Å². The minimum Gasteiger partial charge on any atom is -0.463 e. The summed E-state index contributed by atoms with van der Waals surface area (Å²) in [5.74, 6) is -1.89. The molecule has 0 saturated carbocycles. The number of hydrogen-bond acceptors (Lipinski definition) is 10. The molecule has 0 aromatic rings. The van der Waals surface area contributed by atoms with Gasteiger partial charge in [-0.2, -0.15) is 5.06 Å². The Balaban J connectivity index is 3.09. The van der Waals surface area contributed by atoms with E-state index in [1.807, 2.05) is 0 Å². The van der Waals surface area contributed by atoms with E-state index in [0.717, 1.165) is 6.92 Å². The molecular weight excluding hydrogens is 326 g/mol. The molecule has 0 spiro atoms. The highest BCUT2D eigenvalue weighted by molar-refractivity contribution is 5.67. The van der Waals surface area contributed by atoms with Gasteiger partial charge in [-0.25, -0.2) is 0 Å². The van der Waals surface area contributed by atoms with Crippen molar-refractivity contribution in [1.29, 1.82) is 0 Å². The Morgan fingerprint density at radius 1 is 1.04 bits per heavy atom. The summed E-state index contributed by atoms with van der Waals surface area (Å²) in [7, 11) is 2.87. The third-order valence-corrected chi connectivity index (χ3v) is 3.34. The van der Waals surface area contributed by atoms with Crippen molar-refractivity contribution in [2.45, 2.75) is 51.4 Å². The van der Waals surface area contributed by atoms with E-state index in [9.17, 15) is 19.5 Å². The molecule has 0 radical (unpaired) electrons. The first kappa shape index (κ1) is 20.3. The van der Waals surface area contributed by atoms with Crippen LogP contribution in [0.2, 0.25) is 0 Å². The second-order valence-corrected chi connectivity index (χ2v) is 5.24. The number of carbonyl (C=O) groups is 3. The first-order chi connectivity index (χ1) is 11.2. The lowest BCUT2D eigenvalue weighted by atomic mass is 9.97. The van der Waals surface area contributed by atoms with Gasteiger partial charge in [-0.3, -0.25) is 19.2 Å². The van der Waals surface area contributed by atoms with Gasteiger partial charge in [0.1, 0.15) is 18.8 Å². The molecule has 1 N–H and O–H groups in total. The van der Waals surface area contributed by atoms with Crippen LogP contribution in [0.1, 0.15) is 20.8 Å². The van der Waals surface area contributed by atoms with Crippen molar-refractivity contribution < 1.29 is 43.3 Å². The lowest BCUT2D eigenvalue weighted by Gasteiger charge is -2.45. The predicted molar refractivity (Wildman–Crippen MR) is 77.2 cm³/mol. The SMILES string of the molecule is CON(C)[C@@H]1O[C@H](COC(C)=O)[C@@H](O)[C@H](OC(C)=O)[C@H]1OC(C)=O. The first-order valence-electron chi connectivity index (χ1n) is 7.25. The molecule has 1 saturated heterocycles. The van der Waals surface area contributed by atoms with Gasteiger partial charge >= 0.3 is 17.9 Å². The van der Waals surface area contributed by atoms with E-state index in [1.54, 1.807) is 0 Å². The number of aliphatic hydroxyl groups is 1. The number of ether oxygens (including phenoxy) is 4. The lowest BCUT2D eigenvalue weighted by molar-refractivity contribution is -0.323. The van der Waals surface area contributed by atoms with E-state index >= 15 is 0 Å². The van der Waals surface area contributed by atoms with Crippen LogP contribution in [0.5, 0.6) is 0 Å². The number of likely N-dealkylation sites (N-methyl/N-ethyl adjacent to an activating group) is 1. The number of hydrogen-bond donors (Lipinski definition) is 1. The molecule has 10 nitrogen and oxygen atoms in total. The molecule has 0 aliphatic carbocycles. The van der Waals surface area contributed by atoms with Crippen LogP contribution in [0.4, 0.5) is 0 Å². The number of hydroxylamine groups is 2. The third kappa shape index (κ3) is 5.41. The molecule has 10 heteroatoms. The Labute approximate surface area is 139 Å². The third-order valence-electron chi connectivity index (χ3n) is 3.34. The van der Waals surface area contributed by atoms with Crippen molar-refractivity contribution in [3.8, 4) is 0 Å². The molecule has 0 amide bonds. The van der Waals surface area contributed by atoms with Crippen LogP contribution in [0.25, 0.3) is 0 Å². The molecule has 1 fully saturated rings. The van der Waals surface area contributed by atoms with Crippen LogP contribution in [0, 0.1) is 0 Å². The molecule has 0 bridgehead atoms. The van der Waals surface area contributed by atoms with Gasteiger partial charge in [0.05, 0.1) is 7.11 Å². The first-order valence-corrected chi connectivity index (χ1v) is 7.25. The number of nitrogens with zero attached hydrogens (tertiary/aromatic N) is 1. The molecule has 0 aromatic carbocycles. The van der Waals surface area contributed by atoms with Crippen molar-refractivity contribution in [3.05, 3.63) is 0 Å². The second kappa shape index (κ2) is 8.92. The highest BCUT2D eigenvalue weighted by Gasteiger charge is 2.51. The van der Waals surface area contributed by atoms with Gasteiger partial charge in [-0.15, -0.1) is 0 Å². The number of carbonyl (C=O) groups excluding carboxylic acids is 3. The Bertz CT molecular complexity index is 469. The predicted octanol–water partition coefficient (Wildman–Crippen LogP) is -1.01. The smallest absolute Gasteiger partial charge is 0.303 e. The number of aliphatic hydroxyl groups excluding tert-OH is 1. The quantitative estimate of drug-likeness (QED) is 0.363. The summed E-state index contributed by atoms with van der Waals surface area (Å²) in [6.45, 7) is 3.27. The lowest BCUT2D eigenvalue weighted by Crippen LogP contribution is -2.64. The average Bonchev–Trinajstić information content (AvgIpc) is 2.48. The number of rotatable bonds is 6. The molecule has 1 rings (SSSR count). The molecular formula is C14H23NO9. The van der Waals surface area contributed by atoms with Crippen molar-refractivity contribution in [2.75, 3.05) is 20.8 Å². The van der Waals surface area contributed by atoms with E-state index in [2.05, 4.69) is 0 Å². The van der Waals surface area contributed by atoms with E-state index in [1.165, 1.54) is 33.1 Å². The van der Waals surface area contributed by atoms with E-state index < -0.39 is 48.6 Å². The fourth-order valence-corrected chi connectivity index (χ4v) is 2.28. The maximum atomic E-state index is 11.4. The second-order valence-electron chi connectivity index (χ2n) is 5.24. The minimum atomic E-state index is -1.38. The largest absolute Gasteiger partial charge is 0.463 e. The van der Waals surface area contributed by atoms with Gasteiger partial charge in [-0.1, -0.05) is 0 Å². The molecule has 1 aliphatic rings. The fourth-order valence-electron chi connectivity index (χ4n) is 2.28. The monoisotopic (exact) mass is 349 g/mol. The van der Waals surface area contributed by atoms with Gasteiger partial charge < -0.3 is 24.1 Å². The molecule has 1 aliphatic heterocycles. The van der Waals surface area contributed by atoms with Crippen molar-refractivity contribution in [3.63, 3.8) is 0 Å². The summed E-state index contributed by atoms with van der Waals surface area (Å²) < 4.78 is 20.7. The van der Waals surface area contributed by atoms with Crippen LogP contribution in [0.3, 0.4) is 0 Å². The van der Waals surface area contributed by atoms with Crippen molar-refractivity contribution in [2.24, 2.45) is 0 Å². The normalized spacial score (nSPS) is 29.9. The Morgan fingerprint density at radius 3 is 2.04 bits per heavy atom. The summed E-state index contributed by atoms with van der Waals surface area (Å²) in [6, 6.07) is 0. The van der Waals surface area contributed by atoms with Crippen LogP contribution in [-0.4, -0.2) is 79.5 Å². The number of esters is 3. The van der Waals surface area contributed by atoms with Crippen molar-refractivity contribution in [1.82, 2.24) is 5.06 Å². The Morgan fingerprint density at radius 2 is 1.58 bits per heavy atom. The van der Waals surface area contributed by atoms with Crippen LogP contribution >= 0.6 is 0 Å². The highest BCUT2D eigenvalue weighted by Crippen LogP contribution is 2.28. The molecule has 138 valence electrons. The Hall–Kier alpha value is -1.75. The highest BCUT2D eigenvalue weighted by atomic mass is 16.7. The summed E-state index contributed by atoms with van der Waals surface area (Å²) in [5, 5.41) is 11.6. The van der Waals surface area contributed by atoms with E-state index in [-0.39, 0.29) is 6.61 Å². The maximum Gasteiger partial charge on any atom is 0.303 e. The summed E-state index contributed by atoms with van der Waals surface area (Å²) in [5.41, 5.74) is 0. The van der Waals surface area contributed by atoms with Crippen molar-refractivity contribution >= 4 is 17.9 Å². The fraction of sp³-hybridized carbons (Fsp3) is 0.786. The minimum absolute atomic E-state index is 0.269. The zero-order valence-corrected chi connectivity index (χ0v) is 14.3. The van der Waals surface area contributed by atoms with Gasteiger partial charge in [-0.05, 0) is 0 Å². The molecule has 0 unspecified atom stereocenters.